The molecular formula is C8H11NO. The van der Waals surface area contributed by atoms with E-state index < -0.39 is 0 Å². The van der Waals surface area contributed by atoms with Crippen molar-refractivity contribution in [3.05, 3.63) is 23.7 Å². The third kappa shape index (κ3) is 0.762. The summed E-state index contributed by atoms with van der Waals surface area (Å²) in [6, 6.07) is 2.17. The van der Waals surface area contributed by atoms with Gasteiger partial charge in [0, 0.05) is 0 Å². The zero-order valence-electron chi connectivity index (χ0n) is 5.84. The Labute approximate surface area is 60.0 Å². The molecule has 2 nitrogen and oxygen atoms in total. The number of hydrogen-bond acceptors (Lipinski definition) is 2. The van der Waals surface area contributed by atoms with Crippen LogP contribution >= 0.6 is 0 Å². The first-order chi connectivity index (χ1) is 4.88. The monoisotopic (exact) mass is 137 g/mol. The molecule has 1 aromatic heterocycles. The van der Waals surface area contributed by atoms with Crippen LogP contribution in [0.5, 0.6) is 0 Å². The predicted molar refractivity (Wildman–Crippen MR) is 38.6 cm³/mol. The predicted octanol–water partition coefficient (Wildman–Crippen LogP) is 1.62. The number of hydrogen-bond donors (Lipinski definition) is 1. The summed E-state index contributed by atoms with van der Waals surface area (Å²) in [7, 11) is 0. The molecule has 0 fully saturated rings. The minimum atomic E-state index is 0.152. The molecule has 0 spiro atoms. The number of rotatable bonds is 0. The fourth-order valence-electron chi connectivity index (χ4n) is 1.52. The van der Waals surface area contributed by atoms with E-state index in [4.69, 9.17) is 10.2 Å². The Hall–Kier alpha value is -0.760. The fraction of sp³-hybridized carbons (Fsp3) is 0.500. The Kier molecular flexibility index (Phi) is 1.27. The Bertz CT molecular complexity index is 229. The number of furan rings is 1. The summed E-state index contributed by atoms with van der Waals surface area (Å²) >= 11 is 0. The highest BCUT2D eigenvalue weighted by molar-refractivity contribution is 5.22. The molecular weight excluding hydrogens is 126 g/mol. The van der Waals surface area contributed by atoms with Crippen molar-refractivity contribution in [2.45, 2.75) is 25.3 Å². The van der Waals surface area contributed by atoms with E-state index in [0.717, 1.165) is 18.6 Å². The Morgan fingerprint density at radius 1 is 1.60 bits per heavy atom. The maximum atomic E-state index is 5.80. The summed E-state index contributed by atoms with van der Waals surface area (Å²) in [4.78, 5) is 0. The summed E-state index contributed by atoms with van der Waals surface area (Å²) in [5, 5.41) is 0. The van der Waals surface area contributed by atoms with Crippen molar-refractivity contribution < 1.29 is 4.42 Å². The highest BCUT2D eigenvalue weighted by Gasteiger charge is 2.18. The average molecular weight is 137 g/mol. The topological polar surface area (TPSA) is 39.2 Å². The first-order valence-electron chi connectivity index (χ1n) is 3.70. The molecule has 2 rings (SSSR count). The molecule has 10 heavy (non-hydrogen) atoms. The van der Waals surface area contributed by atoms with Crippen LogP contribution in [0.15, 0.2) is 16.7 Å². The smallest absolute Gasteiger partial charge is 0.123 e. The van der Waals surface area contributed by atoms with Crippen molar-refractivity contribution >= 4 is 0 Å². The van der Waals surface area contributed by atoms with Crippen molar-refractivity contribution in [2.24, 2.45) is 5.73 Å². The van der Waals surface area contributed by atoms with Gasteiger partial charge in [-0.15, -0.1) is 0 Å². The van der Waals surface area contributed by atoms with E-state index in [9.17, 15) is 0 Å². The summed E-state index contributed by atoms with van der Waals surface area (Å²) in [5.74, 6) is 1.01. The van der Waals surface area contributed by atoms with Gasteiger partial charge in [-0.25, -0.2) is 0 Å². The van der Waals surface area contributed by atoms with Crippen molar-refractivity contribution in [1.29, 1.82) is 0 Å². The number of fused-ring (bicyclic) bond motifs is 1. The van der Waals surface area contributed by atoms with Gasteiger partial charge in [0.1, 0.15) is 5.76 Å². The SMILES string of the molecule is N[C@H]1CCCc2ccoc21. The lowest BCUT2D eigenvalue weighted by molar-refractivity contribution is 0.423. The number of nitrogens with two attached hydrogens (primary N) is 1. The van der Waals surface area contributed by atoms with Crippen LogP contribution in [0.1, 0.15) is 30.2 Å². The lowest BCUT2D eigenvalue weighted by atomic mass is 9.95. The molecule has 0 bridgehead atoms. The quantitative estimate of drug-likeness (QED) is 0.590. The largest absolute Gasteiger partial charge is 0.467 e. The van der Waals surface area contributed by atoms with Crippen molar-refractivity contribution in [1.82, 2.24) is 0 Å². The van der Waals surface area contributed by atoms with E-state index in [1.165, 1.54) is 12.0 Å². The van der Waals surface area contributed by atoms with Crippen molar-refractivity contribution in [2.75, 3.05) is 0 Å². The molecule has 2 N–H and O–H groups in total. The van der Waals surface area contributed by atoms with Gasteiger partial charge in [-0.1, -0.05) is 0 Å². The second kappa shape index (κ2) is 2.13. The first-order valence-corrected chi connectivity index (χ1v) is 3.70. The third-order valence-corrected chi connectivity index (χ3v) is 2.08. The molecule has 1 aliphatic carbocycles. The van der Waals surface area contributed by atoms with Gasteiger partial charge in [-0.2, -0.15) is 0 Å². The van der Waals surface area contributed by atoms with Gasteiger partial charge in [-0.3, -0.25) is 0 Å². The maximum Gasteiger partial charge on any atom is 0.123 e. The van der Waals surface area contributed by atoms with Gasteiger partial charge in [-0.05, 0) is 30.9 Å². The minimum Gasteiger partial charge on any atom is -0.467 e. The molecule has 0 radical (unpaired) electrons. The minimum absolute atomic E-state index is 0.152. The van der Waals surface area contributed by atoms with Gasteiger partial charge < -0.3 is 10.2 Å². The van der Waals surface area contributed by atoms with Crippen LogP contribution < -0.4 is 5.73 Å². The Balaban J connectivity index is 2.41. The zero-order valence-corrected chi connectivity index (χ0v) is 5.84. The van der Waals surface area contributed by atoms with Crippen LogP contribution in [-0.4, -0.2) is 0 Å². The molecule has 1 aliphatic rings. The van der Waals surface area contributed by atoms with Crippen molar-refractivity contribution in [3.63, 3.8) is 0 Å². The van der Waals surface area contributed by atoms with Gasteiger partial charge >= 0.3 is 0 Å². The lowest BCUT2D eigenvalue weighted by Gasteiger charge is -2.15. The zero-order chi connectivity index (χ0) is 6.97. The van der Waals surface area contributed by atoms with E-state index in [2.05, 4.69) is 0 Å². The molecule has 0 aromatic carbocycles. The van der Waals surface area contributed by atoms with Crippen LogP contribution in [-0.2, 0) is 6.42 Å². The molecule has 0 amide bonds. The molecule has 54 valence electrons. The normalized spacial score (nSPS) is 24.3. The molecule has 0 aliphatic heterocycles. The standard InChI is InChI=1S/C8H11NO/c9-7-3-1-2-6-4-5-10-8(6)7/h4-5,7H,1-3,9H2/t7-/m0/s1. The number of aryl methyl sites for hydroxylation is 1. The van der Waals surface area contributed by atoms with E-state index in [1.807, 2.05) is 6.07 Å². The van der Waals surface area contributed by atoms with Gasteiger partial charge in [0.25, 0.3) is 0 Å². The second-order valence-corrected chi connectivity index (χ2v) is 2.81. The van der Waals surface area contributed by atoms with Crippen LogP contribution in [0.4, 0.5) is 0 Å². The molecule has 1 aromatic rings. The highest BCUT2D eigenvalue weighted by Crippen LogP contribution is 2.27. The summed E-state index contributed by atoms with van der Waals surface area (Å²) in [6.07, 6.45) is 5.14. The third-order valence-electron chi connectivity index (χ3n) is 2.08. The molecule has 0 saturated carbocycles. The van der Waals surface area contributed by atoms with E-state index >= 15 is 0 Å². The maximum absolute atomic E-state index is 5.80. The molecule has 1 heterocycles. The Morgan fingerprint density at radius 2 is 2.50 bits per heavy atom. The van der Waals surface area contributed by atoms with Crippen molar-refractivity contribution in [3.8, 4) is 0 Å². The second-order valence-electron chi connectivity index (χ2n) is 2.81. The van der Waals surface area contributed by atoms with Gasteiger partial charge in [0.15, 0.2) is 0 Å². The fourth-order valence-corrected chi connectivity index (χ4v) is 1.52. The van der Waals surface area contributed by atoms with Crippen LogP contribution in [0, 0.1) is 0 Å². The van der Waals surface area contributed by atoms with E-state index in [0.29, 0.717) is 0 Å². The van der Waals surface area contributed by atoms with Crippen LogP contribution in [0.25, 0.3) is 0 Å². The molecule has 0 saturated heterocycles. The van der Waals surface area contributed by atoms with Gasteiger partial charge in [0.2, 0.25) is 0 Å². The van der Waals surface area contributed by atoms with Crippen LogP contribution in [0.3, 0.4) is 0 Å². The van der Waals surface area contributed by atoms with E-state index in [1.54, 1.807) is 6.26 Å². The van der Waals surface area contributed by atoms with Crippen LogP contribution in [0.2, 0.25) is 0 Å². The van der Waals surface area contributed by atoms with Gasteiger partial charge in [0.05, 0.1) is 12.3 Å². The lowest BCUT2D eigenvalue weighted by Crippen LogP contribution is -2.15. The summed E-state index contributed by atoms with van der Waals surface area (Å²) in [5.41, 5.74) is 7.10. The molecule has 1 atom stereocenters. The average Bonchev–Trinajstić information content (AvgIpc) is 2.36. The Morgan fingerprint density at radius 3 is 3.30 bits per heavy atom. The van der Waals surface area contributed by atoms with E-state index in [-0.39, 0.29) is 6.04 Å². The first kappa shape index (κ1) is 5.98. The molecule has 0 unspecified atom stereocenters. The molecule has 2 heteroatoms. The summed E-state index contributed by atoms with van der Waals surface area (Å²) in [6.45, 7) is 0. The summed E-state index contributed by atoms with van der Waals surface area (Å²) < 4.78 is 5.24. The highest BCUT2D eigenvalue weighted by atomic mass is 16.3.